The summed E-state index contributed by atoms with van der Waals surface area (Å²) in [5, 5.41) is 7.70. The van der Waals surface area contributed by atoms with Gasteiger partial charge in [0.25, 0.3) is 0 Å². The van der Waals surface area contributed by atoms with Gasteiger partial charge >= 0.3 is 0 Å². The summed E-state index contributed by atoms with van der Waals surface area (Å²) in [7, 11) is 0. The zero-order valence-corrected chi connectivity index (χ0v) is 27.8. The molecule has 0 radical (unpaired) electrons. The molecule has 0 N–H and O–H groups in total. The Balaban J connectivity index is 1.29. The highest BCUT2D eigenvalue weighted by molar-refractivity contribution is 6.29. The Labute approximate surface area is 281 Å². The SMILES string of the molecule is CC1(C)c2ccccc2N(c2cc3cccc4c(N5c6ccccc6C(C)(C)c6ccccc65)cc5cccc2c5c34)c2ccccc21. The summed E-state index contributed by atoms with van der Waals surface area (Å²) in [5.41, 5.74) is 12.6. The molecule has 8 aromatic carbocycles. The molecule has 2 heteroatoms. The average molecular weight is 617 g/mol. The van der Waals surface area contributed by atoms with Gasteiger partial charge in [-0.05, 0) is 80.2 Å². The highest BCUT2D eigenvalue weighted by Crippen LogP contribution is 2.57. The first-order valence-electron chi connectivity index (χ1n) is 17.0. The summed E-state index contributed by atoms with van der Waals surface area (Å²) >= 11 is 0. The van der Waals surface area contributed by atoms with Crippen LogP contribution in [-0.4, -0.2) is 0 Å². The minimum absolute atomic E-state index is 0.104. The lowest BCUT2D eigenvalue weighted by molar-refractivity contribution is 0.632. The predicted octanol–water partition coefficient (Wildman–Crippen LogP) is 12.8. The van der Waals surface area contributed by atoms with Gasteiger partial charge in [-0.1, -0.05) is 137 Å². The highest BCUT2D eigenvalue weighted by Gasteiger charge is 2.39. The van der Waals surface area contributed by atoms with E-state index in [4.69, 9.17) is 0 Å². The Bertz CT molecular complexity index is 2310. The minimum atomic E-state index is -0.104. The Morgan fingerprint density at radius 1 is 0.333 bits per heavy atom. The molecule has 2 aliphatic heterocycles. The summed E-state index contributed by atoms with van der Waals surface area (Å²) in [5.74, 6) is 0. The molecule has 0 saturated heterocycles. The molecule has 0 saturated carbocycles. The monoisotopic (exact) mass is 616 g/mol. The van der Waals surface area contributed by atoms with Crippen LogP contribution in [0.1, 0.15) is 49.9 Å². The summed E-state index contributed by atoms with van der Waals surface area (Å²) in [6.07, 6.45) is 0. The fraction of sp³-hybridized carbons (Fsp3) is 0.130. The van der Waals surface area contributed by atoms with E-state index >= 15 is 0 Å². The molecule has 0 bridgehead atoms. The highest BCUT2D eigenvalue weighted by atomic mass is 15.2. The van der Waals surface area contributed by atoms with Crippen LogP contribution in [0.25, 0.3) is 32.3 Å². The first kappa shape index (κ1) is 27.5. The minimum Gasteiger partial charge on any atom is -0.309 e. The first-order chi connectivity index (χ1) is 23.4. The predicted molar refractivity (Wildman–Crippen MR) is 204 cm³/mol. The summed E-state index contributed by atoms with van der Waals surface area (Å²) in [6.45, 7) is 9.42. The van der Waals surface area contributed by atoms with Gasteiger partial charge in [0.1, 0.15) is 0 Å². The van der Waals surface area contributed by atoms with Crippen molar-refractivity contribution < 1.29 is 0 Å². The van der Waals surface area contributed by atoms with Gasteiger partial charge in [0.2, 0.25) is 0 Å². The van der Waals surface area contributed by atoms with Crippen molar-refractivity contribution in [2.45, 2.75) is 38.5 Å². The van der Waals surface area contributed by atoms with Crippen molar-refractivity contribution >= 4 is 66.4 Å². The van der Waals surface area contributed by atoms with Crippen molar-refractivity contribution in [3.63, 3.8) is 0 Å². The van der Waals surface area contributed by atoms with E-state index in [1.807, 2.05) is 0 Å². The molecule has 230 valence electrons. The second-order valence-corrected chi connectivity index (χ2v) is 14.6. The molecule has 0 atom stereocenters. The zero-order chi connectivity index (χ0) is 32.4. The molecule has 0 amide bonds. The molecule has 2 nitrogen and oxygen atoms in total. The van der Waals surface area contributed by atoms with E-state index in [1.165, 1.54) is 88.7 Å². The molecule has 8 aromatic rings. The maximum absolute atomic E-state index is 2.51. The molecule has 10 rings (SSSR count). The van der Waals surface area contributed by atoms with Gasteiger partial charge in [-0.15, -0.1) is 0 Å². The van der Waals surface area contributed by atoms with E-state index < -0.39 is 0 Å². The molecule has 0 unspecified atom stereocenters. The van der Waals surface area contributed by atoms with Gasteiger partial charge in [0, 0.05) is 21.6 Å². The number of para-hydroxylation sites is 4. The quantitative estimate of drug-likeness (QED) is 0.178. The second kappa shape index (κ2) is 9.49. The van der Waals surface area contributed by atoms with Crippen LogP contribution in [0.5, 0.6) is 0 Å². The number of fused-ring (bicyclic) bond motifs is 4. The Hall–Kier alpha value is -5.60. The van der Waals surface area contributed by atoms with Gasteiger partial charge < -0.3 is 9.80 Å². The Morgan fingerprint density at radius 2 is 0.646 bits per heavy atom. The van der Waals surface area contributed by atoms with Gasteiger partial charge in [0.05, 0.1) is 34.1 Å². The van der Waals surface area contributed by atoms with E-state index in [9.17, 15) is 0 Å². The first-order valence-corrected chi connectivity index (χ1v) is 17.0. The maximum Gasteiger partial charge on any atom is 0.0546 e. The number of anilines is 6. The van der Waals surface area contributed by atoms with Gasteiger partial charge in [-0.25, -0.2) is 0 Å². The van der Waals surface area contributed by atoms with Gasteiger partial charge in [-0.3, -0.25) is 0 Å². The van der Waals surface area contributed by atoms with E-state index in [0.717, 1.165) is 0 Å². The van der Waals surface area contributed by atoms with Crippen LogP contribution < -0.4 is 9.80 Å². The smallest absolute Gasteiger partial charge is 0.0546 e. The fourth-order valence-electron chi connectivity index (χ4n) is 9.04. The third-order valence-corrected chi connectivity index (χ3v) is 11.3. The molecule has 2 heterocycles. The third kappa shape index (κ3) is 3.47. The van der Waals surface area contributed by atoms with Crippen molar-refractivity contribution in [2.24, 2.45) is 0 Å². The molecule has 0 spiro atoms. The van der Waals surface area contributed by atoms with Crippen LogP contribution in [0.3, 0.4) is 0 Å². The van der Waals surface area contributed by atoms with Crippen molar-refractivity contribution in [3.8, 4) is 0 Å². The largest absolute Gasteiger partial charge is 0.309 e. The second-order valence-electron chi connectivity index (χ2n) is 14.6. The maximum atomic E-state index is 2.51. The number of hydrogen-bond donors (Lipinski definition) is 0. The topological polar surface area (TPSA) is 6.48 Å². The van der Waals surface area contributed by atoms with E-state index in [2.05, 4.69) is 183 Å². The number of hydrogen-bond acceptors (Lipinski definition) is 2. The standard InChI is InChI=1S/C46H36N2/c1-45(2)33-19-5-9-23-37(33)47(38-24-10-6-20-34(38)45)41-27-29-15-14-18-32-42(28-30-16-13-17-31(41)43(30)44(29)32)48-39-25-11-7-21-35(39)46(3,4)36-22-8-12-26-40(36)48/h5-28H,1-4H3. The number of rotatable bonds is 2. The Kier molecular flexibility index (Phi) is 5.44. The average Bonchev–Trinajstić information content (AvgIpc) is 3.11. The molecular weight excluding hydrogens is 581 g/mol. The normalized spacial score (nSPS) is 15.8. The van der Waals surface area contributed by atoms with Crippen LogP contribution >= 0.6 is 0 Å². The van der Waals surface area contributed by atoms with Crippen molar-refractivity contribution in [2.75, 3.05) is 9.80 Å². The van der Waals surface area contributed by atoms with Crippen LogP contribution in [-0.2, 0) is 10.8 Å². The lowest BCUT2D eigenvalue weighted by Gasteiger charge is -2.43. The lowest BCUT2D eigenvalue weighted by Crippen LogP contribution is -2.30. The molecule has 0 fully saturated rings. The van der Waals surface area contributed by atoms with Gasteiger partial charge in [0.15, 0.2) is 0 Å². The van der Waals surface area contributed by atoms with Crippen molar-refractivity contribution in [1.82, 2.24) is 0 Å². The molecular formula is C46H36N2. The summed E-state index contributed by atoms with van der Waals surface area (Å²) in [6, 6.07) is 54.4. The van der Waals surface area contributed by atoms with Crippen LogP contribution in [0.15, 0.2) is 146 Å². The molecule has 0 aromatic heterocycles. The van der Waals surface area contributed by atoms with Gasteiger partial charge in [-0.2, -0.15) is 0 Å². The summed E-state index contributed by atoms with van der Waals surface area (Å²) < 4.78 is 0. The molecule has 2 aliphatic rings. The van der Waals surface area contributed by atoms with E-state index in [-0.39, 0.29) is 10.8 Å². The fourth-order valence-corrected chi connectivity index (χ4v) is 9.04. The molecule has 0 aliphatic carbocycles. The van der Waals surface area contributed by atoms with E-state index in [1.54, 1.807) is 0 Å². The van der Waals surface area contributed by atoms with Crippen molar-refractivity contribution in [1.29, 1.82) is 0 Å². The number of nitrogens with zero attached hydrogens (tertiary/aromatic N) is 2. The van der Waals surface area contributed by atoms with Crippen LogP contribution in [0.2, 0.25) is 0 Å². The van der Waals surface area contributed by atoms with Crippen LogP contribution in [0.4, 0.5) is 34.1 Å². The lowest BCUT2D eigenvalue weighted by atomic mass is 9.73. The Morgan fingerprint density at radius 3 is 0.979 bits per heavy atom. The zero-order valence-electron chi connectivity index (χ0n) is 27.8. The van der Waals surface area contributed by atoms with Crippen molar-refractivity contribution in [3.05, 3.63) is 168 Å². The third-order valence-electron chi connectivity index (χ3n) is 11.3. The summed E-state index contributed by atoms with van der Waals surface area (Å²) in [4.78, 5) is 5.03. The van der Waals surface area contributed by atoms with E-state index in [0.29, 0.717) is 0 Å². The van der Waals surface area contributed by atoms with Crippen LogP contribution in [0, 0.1) is 0 Å². The molecule has 48 heavy (non-hydrogen) atoms. The number of benzene rings is 8.